The fourth-order valence-electron chi connectivity index (χ4n) is 1.23. The molecule has 1 rings (SSSR count). The molecule has 1 saturated carbocycles. The molecule has 0 nitrogen and oxygen atoms in total. The Labute approximate surface area is 64.4 Å². The summed E-state index contributed by atoms with van der Waals surface area (Å²) in [5.74, 6) is 0. The maximum atomic E-state index is 4.39. The van der Waals surface area contributed by atoms with Gasteiger partial charge in [0.25, 0.3) is 0 Å². The number of hydrogen-bond donors (Lipinski definition) is 1. The first kappa shape index (κ1) is 7.17. The molecular formula is C6H12STi. The summed E-state index contributed by atoms with van der Waals surface area (Å²) in [5.41, 5.74) is 0. The summed E-state index contributed by atoms with van der Waals surface area (Å²) in [4.78, 5) is 0. The summed E-state index contributed by atoms with van der Waals surface area (Å²) < 4.78 is 1.08. The van der Waals surface area contributed by atoms with Crippen molar-refractivity contribution in [3.8, 4) is 0 Å². The summed E-state index contributed by atoms with van der Waals surface area (Å²) in [5, 5.41) is 0. The van der Waals surface area contributed by atoms with Gasteiger partial charge >= 0.3 is 64.4 Å². The summed E-state index contributed by atoms with van der Waals surface area (Å²) in [7, 11) is 4.39. The van der Waals surface area contributed by atoms with Crippen molar-refractivity contribution in [2.75, 3.05) is 0 Å². The molecule has 0 aliphatic heterocycles. The van der Waals surface area contributed by atoms with Crippen LogP contribution in [0.15, 0.2) is 0 Å². The molecule has 0 bridgehead atoms. The molecule has 1 aliphatic carbocycles. The zero-order chi connectivity index (χ0) is 5.82. The summed E-state index contributed by atoms with van der Waals surface area (Å²) in [6, 6.07) is 0. The van der Waals surface area contributed by atoms with Crippen LogP contribution in [-0.4, -0.2) is 0 Å². The van der Waals surface area contributed by atoms with Crippen molar-refractivity contribution in [3.63, 3.8) is 0 Å². The Kier molecular flexibility index (Phi) is 3.56. The topological polar surface area (TPSA) is 0 Å². The van der Waals surface area contributed by atoms with Gasteiger partial charge in [-0.3, -0.25) is 0 Å². The predicted molar refractivity (Wildman–Crippen MR) is 35.8 cm³/mol. The minimum atomic E-state index is 0.167. The molecule has 0 aromatic rings. The third-order valence-corrected chi connectivity index (χ3v) is 4.77. The number of thiol groups is 1. The van der Waals surface area contributed by atoms with Gasteiger partial charge in [0.15, 0.2) is 0 Å². The number of hydrogen-bond acceptors (Lipinski definition) is 1. The normalized spacial score (nSPS) is 23.1. The molecule has 0 aromatic carbocycles. The van der Waals surface area contributed by atoms with Gasteiger partial charge in [0, 0.05) is 0 Å². The zero-order valence-corrected chi connectivity index (χ0v) is 7.52. The van der Waals surface area contributed by atoms with Gasteiger partial charge in [-0.25, -0.2) is 0 Å². The van der Waals surface area contributed by atoms with Crippen LogP contribution in [0, 0.1) is 0 Å². The van der Waals surface area contributed by atoms with Gasteiger partial charge in [0.2, 0.25) is 0 Å². The Morgan fingerprint density at radius 3 is 2.12 bits per heavy atom. The van der Waals surface area contributed by atoms with E-state index in [0.717, 1.165) is 4.22 Å². The molecule has 0 saturated heterocycles. The zero-order valence-electron chi connectivity index (χ0n) is 5.06. The molecule has 8 heavy (non-hydrogen) atoms. The Balaban J connectivity index is 2.13. The van der Waals surface area contributed by atoms with Crippen LogP contribution in [-0.2, 0) is 17.9 Å². The van der Waals surface area contributed by atoms with E-state index in [4.69, 9.17) is 0 Å². The first-order valence-electron chi connectivity index (χ1n) is 3.33. The quantitative estimate of drug-likeness (QED) is 0.447. The molecule has 0 N–H and O–H groups in total. The van der Waals surface area contributed by atoms with Gasteiger partial charge in [0.1, 0.15) is 0 Å². The van der Waals surface area contributed by atoms with Crippen molar-refractivity contribution >= 4 is 10.2 Å². The van der Waals surface area contributed by atoms with Gasteiger partial charge in [-0.15, -0.1) is 0 Å². The second-order valence-electron chi connectivity index (χ2n) is 2.46. The van der Waals surface area contributed by atoms with E-state index in [0.29, 0.717) is 0 Å². The van der Waals surface area contributed by atoms with Crippen molar-refractivity contribution in [2.45, 2.75) is 36.3 Å². The Morgan fingerprint density at radius 2 is 1.75 bits per heavy atom. The van der Waals surface area contributed by atoms with Crippen molar-refractivity contribution in [1.82, 2.24) is 0 Å². The Bertz CT molecular complexity index is 59.5. The van der Waals surface area contributed by atoms with Gasteiger partial charge in [-0.2, -0.15) is 0 Å². The standard InChI is InChI=1S/C6H11.H2S.Ti/c1-2-4-6-5-3-1;;/h1H,2-6H2;1H2;/q;;+1/p-1. The van der Waals surface area contributed by atoms with E-state index < -0.39 is 0 Å². The van der Waals surface area contributed by atoms with E-state index in [1.54, 1.807) is 0 Å². The molecule has 46 valence electrons. The van der Waals surface area contributed by atoms with E-state index >= 15 is 0 Å². The monoisotopic (exact) mass is 164 g/mol. The second-order valence-corrected chi connectivity index (χ2v) is 5.21. The van der Waals surface area contributed by atoms with Crippen molar-refractivity contribution in [2.24, 2.45) is 0 Å². The van der Waals surface area contributed by atoms with Crippen LogP contribution < -0.4 is 0 Å². The van der Waals surface area contributed by atoms with Crippen molar-refractivity contribution < 1.29 is 17.9 Å². The average molecular weight is 164 g/mol. The van der Waals surface area contributed by atoms with E-state index in [-0.39, 0.29) is 17.9 Å². The summed E-state index contributed by atoms with van der Waals surface area (Å²) in [6.45, 7) is 0. The molecule has 0 aromatic heterocycles. The molecule has 0 heterocycles. The number of rotatable bonds is 1. The van der Waals surface area contributed by atoms with Gasteiger partial charge in [-0.05, 0) is 0 Å². The van der Waals surface area contributed by atoms with Crippen LogP contribution in [0.2, 0.25) is 4.22 Å². The molecular weight excluding hydrogens is 152 g/mol. The van der Waals surface area contributed by atoms with E-state index in [9.17, 15) is 0 Å². The molecule has 1 fully saturated rings. The first-order valence-corrected chi connectivity index (χ1v) is 6.77. The predicted octanol–water partition coefficient (Wildman–Crippen LogP) is 2.67. The fraction of sp³-hybridized carbons (Fsp3) is 1.00. The van der Waals surface area contributed by atoms with Gasteiger partial charge < -0.3 is 0 Å². The average Bonchev–Trinajstić information content (AvgIpc) is 1.90. The SMILES string of the molecule is [SH][Ti][CH]1CCCCC1. The van der Waals surface area contributed by atoms with Crippen LogP contribution in [0.25, 0.3) is 0 Å². The third-order valence-electron chi connectivity index (χ3n) is 1.79. The van der Waals surface area contributed by atoms with Crippen LogP contribution in [0.4, 0.5) is 0 Å². The molecule has 0 amide bonds. The second kappa shape index (κ2) is 3.97. The molecule has 0 unspecified atom stereocenters. The van der Waals surface area contributed by atoms with E-state index in [1.165, 1.54) is 32.1 Å². The Morgan fingerprint density at radius 1 is 1.12 bits per heavy atom. The molecule has 0 spiro atoms. The van der Waals surface area contributed by atoms with E-state index in [1.807, 2.05) is 0 Å². The van der Waals surface area contributed by atoms with Crippen LogP contribution in [0.3, 0.4) is 0 Å². The van der Waals surface area contributed by atoms with E-state index in [2.05, 4.69) is 10.2 Å². The summed E-state index contributed by atoms with van der Waals surface area (Å²) >= 11 is 0.167. The van der Waals surface area contributed by atoms with Crippen LogP contribution in [0.1, 0.15) is 32.1 Å². The summed E-state index contributed by atoms with van der Waals surface area (Å²) in [6.07, 6.45) is 7.42. The van der Waals surface area contributed by atoms with Crippen molar-refractivity contribution in [3.05, 3.63) is 0 Å². The first-order chi connectivity index (χ1) is 3.93. The minimum absolute atomic E-state index is 0.167. The fourth-order valence-corrected chi connectivity index (χ4v) is 3.34. The third kappa shape index (κ3) is 2.12. The Hall–Kier alpha value is 1.06. The van der Waals surface area contributed by atoms with Gasteiger partial charge in [-0.1, -0.05) is 0 Å². The molecule has 0 atom stereocenters. The van der Waals surface area contributed by atoms with Gasteiger partial charge in [0.05, 0.1) is 0 Å². The molecule has 1 aliphatic rings. The maximum absolute atomic E-state index is 4.39. The van der Waals surface area contributed by atoms with Crippen molar-refractivity contribution in [1.29, 1.82) is 0 Å². The molecule has 2 heteroatoms. The van der Waals surface area contributed by atoms with Crippen LogP contribution in [0.5, 0.6) is 0 Å². The van der Waals surface area contributed by atoms with Crippen LogP contribution >= 0.6 is 10.2 Å². The molecule has 0 radical (unpaired) electrons.